The van der Waals surface area contributed by atoms with E-state index in [-0.39, 0.29) is 0 Å². The highest BCUT2D eigenvalue weighted by Crippen LogP contribution is 2.26. The fourth-order valence-corrected chi connectivity index (χ4v) is 3.67. The molecule has 0 saturated carbocycles. The monoisotopic (exact) mass is 361 g/mol. The fraction of sp³-hybridized carbons (Fsp3) is 0.682. The normalized spacial score (nSPS) is 18.8. The van der Waals surface area contributed by atoms with Crippen LogP contribution in [-0.2, 0) is 4.84 Å². The number of rotatable bonds is 13. The molecule has 1 aromatic carbocycles. The molecule has 26 heavy (non-hydrogen) atoms. The molecule has 4 nitrogen and oxygen atoms in total. The van der Waals surface area contributed by atoms with E-state index < -0.39 is 0 Å². The molecule has 1 fully saturated rings. The molecule has 2 unspecified atom stereocenters. The summed E-state index contributed by atoms with van der Waals surface area (Å²) in [6, 6.07) is 7.31. The molecule has 0 aliphatic carbocycles. The average molecular weight is 362 g/mol. The van der Waals surface area contributed by atoms with Crippen molar-refractivity contribution in [3.63, 3.8) is 0 Å². The molecule has 0 bridgehead atoms. The van der Waals surface area contributed by atoms with E-state index in [0.717, 1.165) is 37.5 Å². The predicted octanol–water partition coefficient (Wildman–Crippen LogP) is 5.27. The van der Waals surface area contributed by atoms with Crippen molar-refractivity contribution in [2.75, 3.05) is 20.2 Å². The Hall–Kier alpha value is -1.39. The molecular weight excluding hydrogens is 326 g/mol. The molecule has 4 heteroatoms. The summed E-state index contributed by atoms with van der Waals surface area (Å²) in [5.41, 5.74) is 0.689. The van der Waals surface area contributed by atoms with Crippen LogP contribution in [0.2, 0.25) is 0 Å². The van der Waals surface area contributed by atoms with E-state index in [1.165, 1.54) is 51.4 Å². The summed E-state index contributed by atoms with van der Waals surface area (Å²) in [6.45, 7) is 4.12. The molecule has 2 atom stereocenters. The Morgan fingerprint density at radius 1 is 1.15 bits per heavy atom. The van der Waals surface area contributed by atoms with Crippen LogP contribution in [-0.4, -0.2) is 37.7 Å². The van der Waals surface area contributed by atoms with Crippen LogP contribution in [0.25, 0.3) is 0 Å². The van der Waals surface area contributed by atoms with Gasteiger partial charge in [-0.25, -0.2) is 0 Å². The summed E-state index contributed by atoms with van der Waals surface area (Å²) >= 11 is 0. The third-order valence-corrected chi connectivity index (χ3v) is 5.35. The number of hydroxylamine groups is 2. The summed E-state index contributed by atoms with van der Waals surface area (Å²) in [7, 11) is 2.04. The first-order valence-electron chi connectivity index (χ1n) is 10.3. The zero-order valence-corrected chi connectivity index (χ0v) is 16.5. The molecule has 0 amide bonds. The zero-order valence-electron chi connectivity index (χ0n) is 16.5. The number of carbonyl (C=O) groups is 1. The highest BCUT2D eigenvalue weighted by Gasteiger charge is 2.27. The lowest BCUT2D eigenvalue weighted by molar-refractivity contribution is -0.143. The van der Waals surface area contributed by atoms with Gasteiger partial charge in [0, 0.05) is 19.2 Å². The largest absolute Gasteiger partial charge is 0.494 e. The van der Waals surface area contributed by atoms with Gasteiger partial charge < -0.3 is 4.74 Å². The van der Waals surface area contributed by atoms with Crippen molar-refractivity contribution in [2.45, 2.75) is 70.8 Å². The maximum atomic E-state index is 10.6. The molecule has 1 aliphatic rings. The summed E-state index contributed by atoms with van der Waals surface area (Å²) in [5.74, 6) is 1.57. The predicted molar refractivity (Wildman–Crippen MR) is 106 cm³/mol. The van der Waals surface area contributed by atoms with E-state index >= 15 is 0 Å². The molecule has 0 spiro atoms. The number of unbranched alkanes of at least 4 members (excludes halogenated alkanes) is 5. The van der Waals surface area contributed by atoms with Gasteiger partial charge in [0.15, 0.2) is 0 Å². The second-order valence-electron chi connectivity index (χ2n) is 7.40. The van der Waals surface area contributed by atoms with Crippen molar-refractivity contribution in [3.8, 4) is 5.75 Å². The Bertz CT molecular complexity index is 503. The lowest BCUT2D eigenvalue weighted by Crippen LogP contribution is -2.21. The number of hydrogen-bond donors (Lipinski definition) is 0. The van der Waals surface area contributed by atoms with Gasteiger partial charge in [0.2, 0.25) is 0 Å². The van der Waals surface area contributed by atoms with Gasteiger partial charge in [0.1, 0.15) is 12.0 Å². The summed E-state index contributed by atoms with van der Waals surface area (Å²) in [6.07, 6.45) is 12.6. The number of ether oxygens (including phenoxy) is 1. The maximum Gasteiger partial charge on any atom is 0.150 e. The highest BCUT2D eigenvalue weighted by molar-refractivity contribution is 5.74. The molecular formula is C22H35NO3. The van der Waals surface area contributed by atoms with Crippen LogP contribution < -0.4 is 4.74 Å². The Morgan fingerprint density at radius 2 is 1.85 bits per heavy atom. The van der Waals surface area contributed by atoms with Crippen molar-refractivity contribution in [3.05, 3.63) is 29.8 Å². The van der Waals surface area contributed by atoms with Gasteiger partial charge in [-0.15, -0.1) is 0 Å². The molecule has 146 valence electrons. The molecule has 2 rings (SSSR count). The molecule has 0 radical (unpaired) electrons. The van der Waals surface area contributed by atoms with Gasteiger partial charge in [-0.3, -0.25) is 9.63 Å². The number of hydrogen-bond acceptors (Lipinski definition) is 4. The van der Waals surface area contributed by atoms with Crippen LogP contribution in [0.15, 0.2) is 24.3 Å². The summed E-state index contributed by atoms with van der Waals surface area (Å²) < 4.78 is 5.71. The van der Waals surface area contributed by atoms with E-state index in [0.29, 0.717) is 11.7 Å². The molecule has 0 aromatic heterocycles. The zero-order chi connectivity index (χ0) is 18.6. The molecule has 1 saturated heterocycles. The van der Waals surface area contributed by atoms with Crippen molar-refractivity contribution < 1.29 is 14.4 Å². The first-order valence-corrected chi connectivity index (χ1v) is 10.3. The van der Waals surface area contributed by atoms with Gasteiger partial charge in [-0.05, 0) is 49.4 Å². The average Bonchev–Trinajstić information content (AvgIpc) is 3.10. The van der Waals surface area contributed by atoms with E-state index in [1.807, 2.05) is 24.2 Å². The van der Waals surface area contributed by atoms with E-state index in [9.17, 15) is 4.79 Å². The van der Waals surface area contributed by atoms with Gasteiger partial charge in [0.05, 0.1) is 12.7 Å². The number of carbonyl (C=O) groups excluding carboxylic acids is 1. The molecule has 0 N–H and O–H groups in total. The molecule has 1 heterocycles. The standard InChI is InChI=1S/C22H35NO3/c1-3-20(22-15-16-23(2)26-22)10-8-6-4-5-7-9-17-25-21-13-11-19(18-24)12-14-21/h11-14,18,20,22H,3-10,15-17H2,1-2H3. The van der Waals surface area contributed by atoms with E-state index in [4.69, 9.17) is 9.57 Å². The Kier molecular flexibility index (Phi) is 9.72. The summed E-state index contributed by atoms with van der Waals surface area (Å²) in [4.78, 5) is 16.5. The Labute approximate surface area is 158 Å². The lowest BCUT2D eigenvalue weighted by Gasteiger charge is -2.21. The Morgan fingerprint density at radius 3 is 2.46 bits per heavy atom. The van der Waals surface area contributed by atoms with Crippen LogP contribution in [0.4, 0.5) is 0 Å². The minimum Gasteiger partial charge on any atom is -0.494 e. The smallest absolute Gasteiger partial charge is 0.150 e. The van der Waals surface area contributed by atoms with Gasteiger partial charge >= 0.3 is 0 Å². The van der Waals surface area contributed by atoms with Crippen molar-refractivity contribution in [1.82, 2.24) is 5.06 Å². The topological polar surface area (TPSA) is 38.8 Å². The van der Waals surface area contributed by atoms with Crippen LogP contribution in [0.1, 0.15) is 75.1 Å². The molecule has 1 aromatic rings. The van der Waals surface area contributed by atoms with Gasteiger partial charge in [-0.1, -0.05) is 45.4 Å². The third kappa shape index (κ3) is 7.46. The van der Waals surface area contributed by atoms with Crippen LogP contribution >= 0.6 is 0 Å². The lowest BCUT2D eigenvalue weighted by atomic mass is 9.91. The second-order valence-corrected chi connectivity index (χ2v) is 7.40. The number of nitrogens with zero attached hydrogens (tertiary/aromatic N) is 1. The van der Waals surface area contributed by atoms with E-state index in [1.54, 1.807) is 12.1 Å². The quantitative estimate of drug-likeness (QED) is 0.354. The minimum absolute atomic E-state index is 0.447. The fourth-order valence-electron chi connectivity index (χ4n) is 3.67. The Balaban J connectivity index is 1.44. The van der Waals surface area contributed by atoms with Crippen molar-refractivity contribution >= 4 is 6.29 Å². The number of benzene rings is 1. The van der Waals surface area contributed by atoms with E-state index in [2.05, 4.69) is 6.92 Å². The van der Waals surface area contributed by atoms with Crippen LogP contribution in [0.5, 0.6) is 5.75 Å². The van der Waals surface area contributed by atoms with Crippen molar-refractivity contribution in [2.24, 2.45) is 5.92 Å². The van der Waals surface area contributed by atoms with Crippen molar-refractivity contribution in [1.29, 1.82) is 0 Å². The first-order chi connectivity index (χ1) is 12.7. The molecule has 1 aliphatic heterocycles. The van der Waals surface area contributed by atoms with Crippen LogP contribution in [0.3, 0.4) is 0 Å². The number of aldehydes is 1. The minimum atomic E-state index is 0.447. The highest BCUT2D eigenvalue weighted by atomic mass is 16.7. The summed E-state index contributed by atoms with van der Waals surface area (Å²) in [5, 5.41) is 1.99. The van der Waals surface area contributed by atoms with Crippen LogP contribution in [0, 0.1) is 5.92 Å². The maximum absolute atomic E-state index is 10.6. The SMILES string of the molecule is CCC(CCCCCCCCOc1ccc(C=O)cc1)C1CCN(C)O1. The van der Waals surface area contributed by atoms with Gasteiger partial charge in [-0.2, -0.15) is 5.06 Å². The third-order valence-electron chi connectivity index (χ3n) is 5.35. The van der Waals surface area contributed by atoms with Gasteiger partial charge in [0.25, 0.3) is 0 Å². The first kappa shape index (κ1) is 20.9. The second kappa shape index (κ2) is 12.1.